The first-order valence-electron chi connectivity index (χ1n) is 4.39. The van der Waals surface area contributed by atoms with E-state index < -0.39 is 0 Å². The zero-order valence-electron chi connectivity index (χ0n) is 8.18. The van der Waals surface area contributed by atoms with Crippen LogP contribution >= 0.6 is 24.0 Å². The number of nitrogens with two attached hydrogens (primary N) is 1. The van der Waals surface area contributed by atoms with Crippen LogP contribution in [0.1, 0.15) is 47.0 Å². The van der Waals surface area contributed by atoms with Crippen molar-refractivity contribution >= 4 is 24.0 Å². The Morgan fingerprint density at radius 1 is 1.18 bits per heavy atom. The van der Waals surface area contributed by atoms with Crippen LogP contribution < -0.4 is 5.73 Å². The molecule has 0 aromatic carbocycles. The molecule has 0 amide bonds. The Morgan fingerprint density at radius 2 is 1.55 bits per heavy atom. The molecular formula is C9H22IN. The summed E-state index contributed by atoms with van der Waals surface area (Å²) in [5.74, 6) is 0.655. The van der Waals surface area contributed by atoms with Crippen LogP contribution in [0.3, 0.4) is 0 Å². The van der Waals surface area contributed by atoms with E-state index >= 15 is 0 Å². The van der Waals surface area contributed by atoms with Gasteiger partial charge in [0.25, 0.3) is 0 Å². The second-order valence-corrected chi connectivity index (χ2v) is 3.25. The van der Waals surface area contributed by atoms with Gasteiger partial charge in [-0.25, -0.2) is 0 Å². The molecule has 0 spiro atoms. The van der Waals surface area contributed by atoms with Crippen LogP contribution in [0.5, 0.6) is 0 Å². The molecule has 0 aromatic heterocycles. The van der Waals surface area contributed by atoms with Crippen molar-refractivity contribution in [2.75, 3.05) is 0 Å². The highest BCUT2D eigenvalue weighted by atomic mass is 127. The van der Waals surface area contributed by atoms with Crippen molar-refractivity contribution in [3.05, 3.63) is 0 Å². The second-order valence-electron chi connectivity index (χ2n) is 3.25. The molecule has 1 unspecified atom stereocenters. The third-order valence-electron chi connectivity index (χ3n) is 2.91. The van der Waals surface area contributed by atoms with Gasteiger partial charge in [-0.05, 0) is 18.8 Å². The summed E-state index contributed by atoms with van der Waals surface area (Å²) in [6.45, 7) is 8.80. The third kappa shape index (κ3) is 3.74. The molecule has 2 heteroatoms. The maximum atomic E-state index is 6.15. The Morgan fingerprint density at radius 3 is 1.64 bits per heavy atom. The number of hydrogen-bond donors (Lipinski definition) is 1. The average Bonchev–Trinajstić information content (AvgIpc) is 2.01. The lowest BCUT2D eigenvalue weighted by atomic mass is 9.80. The first kappa shape index (κ1) is 14.2. The first-order chi connectivity index (χ1) is 4.60. The minimum absolute atomic E-state index is 0. The summed E-state index contributed by atoms with van der Waals surface area (Å²) in [6, 6.07) is 0. The summed E-state index contributed by atoms with van der Waals surface area (Å²) in [5.41, 5.74) is 6.24. The van der Waals surface area contributed by atoms with Crippen LogP contribution in [-0.4, -0.2) is 5.54 Å². The molecule has 0 rings (SSSR count). The van der Waals surface area contributed by atoms with E-state index in [1.165, 1.54) is 6.42 Å². The van der Waals surface area contributed by atoms with Crippen molar-refractivity contribution in [3.8, 4) is 0 Å². The highest BCUT2D eigenvalue weighted by molar-refractivity contribution is 14.0. The van der Waals surface area contributed by atoms with Crippen molar-refractivity contribution < 1.29 is 0 Å². The van der Waals surface area contributed by atoms with Crippen LogP contribution in [0.25, 0.3) is 0 Å². The monoisotopic (exact) mass is 271 g/mol. The molecule has 1 nitrogen and oxygen atoms in total. The van der Waals surface area contributed by atoms with E-state index in [0.717, 1.165) is 12.8 Å². The van der Waals surface area contributed by atoms with Crippen molar-refractivity contribution in [1.29, 1.82) is 0 Å². The molecule has 2 N–H and O–H groups in total. The topological polar surface area (TPSA) is 26.0 Å². The maximum Gasteiger partial charge on any atom is 0.0174 e. The predicted octanol–water partition coefficient (Wildman–Crippen LogP) is 3.17. The highest BCUT2D eigenvalue weighted by Gasteiger charge is 2.25. The van der Waals surface area contributed by atoms with E-state index in [2.05, 4.69) is 27.7 Å². The molecule has 0 aromatic rings. The molecule has 11 heavy (non-hydrogen) atoms. The molecule has 0 aliphatic carbocycles. The Kier molecular flexibility index (Phi) is 8.06. The largest absolute Gasteiger partial charge is 0.325 e. The van der Waals surface area contributed by atoms with Gasteiger partial charge >= 0.3 is 0 Å². The van der Waals surface area contributed by atoms with Crippen molar-refractivity contribution in [2.24, 2.45) is 11.7 Å². The van der Waals surface area contributed by atoms with Gasteiger partial charge in [0, 0.05) is 5.54 Å². The van der Waals surface area contributed by atoms with Gasteiger partial charge in [-0.15, -0.1) is 24.0 Å². The Balaban J connectivity index is 0. The lowest BCUT2D eigenvalue weighted by molar-refractivity contribution is 0.263. The number of rotatable bonds is 4. The molecular weight excluding hydrogens is 249 g/mol. The molecule has 0 aliphatic rings. The molecule has 0 heterocycles. The zero-order valence-corrected chi connectivity index (χ0v) is 10.5. The second kappa shape index (κ2) is 6.23. The van der Waals surface area contributed by atoms with E-state index in [1.807, 2.05) is 0 Å². The van der Waals surface area contributed by atoms with Crippen LogP contribution in [0.4, 0.5) is 0 Å². The molecule has 0 radical (unpaired) electrons. The molecule has 70 valence electrons. The fourth-order valence-corrected chi connectivity index (χ4v) is 1.35. The lowest BCUT2D eigenvalue weighted by Gasteiger charge is -2.33. The highest BCUT2D eigenvalue weighted by Crippen LogP contribution is 2.24. The summed E-state index contributed by atoms with van der Waals surface area (Å²) < 4.78 is 0. The first-order valence-corrected chi connectivity index (χ1v) is 4.39. The fourth-order valence-electron chi connectivity index (χ4n) is 1.35. The molecule has 0 fully saturated rings. The normalized spacial score (nSPS) is 13.9. The molecule has 0 bridgehead atoms. The van der Waals surface area contributed by atoms with E-state index in [0.29, 0.717) is 5.92 Å². The Labute approximate surface area is 88.1 Å². The quantitative estimate of drug-likeness (QED) is 0.781. The lowest BCUT2D eigenvalue weighted by Crippen LogP contribution is -2.44. The average molecular weight is 271 g/mol. The van der Waals surface area contributed by atoms with Crippen molar-refractivity contribution in [3.63, 3.8) is 0 Å². The minimum atomic E-state index is 0. The molecule has 0 aliphatic heterocycles. The van der Waals surface area contributed by atoms with Crippen molar-refractivity contribution in [1.82, 2.24) is 0 Å². The van der Waals surface area contributed by atoms with Gasteiger partial charge in [0.1, 0.15) is 0 Å². The van der Waals surface area contributed by atoms with E-state index in [-0.39, 0.29) is 29.5 Å². The van der Waals surface area contributed by atoms with Crippen molar-refractivity contribution in [2.45, 2.75) is 52.5 Å². The summed E-state index contributed by atoms with van der Waals surface area (Å²) in [4.78, 5) is 0. The maximum absolute atomic E-state index is 6.15. The van der Waals surface area contributed by atoms with Gasteiger partial charge in [-0.2, -0.15) is 0 Å². The van der Waals surface area contributed by atoms with Gasteiger partial charge < -0.3 is 5.73 Å². The van der Waals surface area contributed by atoms with Gasteiger partial charge in [0.15, 0.2) is 0 Å². The number of hydrogen-bond acceptors (Lipinski definition) is 1. The molecule has 0 saturated heterocycles. The standard InChI is InChI=1S/C9H21N.HI/c1-5-8(4)9(10,6-2)7-3;/h8H,5-7,10H2,1-4H3;1H. The van der Waals surface area contributed by atoms with Gasteiger partial charge in [0.05, 0.1) is 0 Å². The summed E-state index contributed by atoms with van der Waals surface area (Å²) in [5, 5.41) is 0. The van der Waals surface area contributed by atoms with Crippen LogP contribution in [0, 0.1) is 5.92 Å². The van der Waals surface area contributed by atoms with Gasteiger partial charge in [-0.3, -0.25) is 0 Å². The third-order valence-corrected chi connectivity index (χ3v) is 2.91. The predicted molar refractivity (Wildman–Crippen MR) is 62.4 cm³/mol. The van der Waals surface area contributed by atoms with Gasteiger partial charge in [-0.1, -0.05) is 34.1 Å². The zero-order chi connectivity index (χ0) is 8.20. The van der Waals surface area contributed by atoms with Crippen LogP contribution in [0.15, 0.2) is 0 Å². The minimum Gasteiger partial charge on any atom is -0.325 e. The Bertz CT molecular complexity index is 89.6. The van der Waals surface area contributed by atoms with Gasteiger partial charge in [0.2, 0.25) is 0 Å². The summed E-state index contributed by atoms with van der Waals surface area (Å²) in [7, 11) is 0. The Hall–Kier alpha value is 0.690. The SMILES string of the molecule is CCC(C)C(N)(CC)CC.I. The van der Waals surface area contributed by atoms with E-state index in [9.17, 15) is 0 Å². The van der Waals surface area contributed by atoms with Crippen LogP contribution in [0.2, 0.25) is 0 Å². The fraction of sp³-hybridized carbons (Fsp3) is 1.00. The van der Waals surface area contributed by atoms with E-state index in [4.69, 9.17) is 5.73 Å². The molecule has 0 saturated carbocycles. The number of halogens is 1. The smallest absolute Gasteiger partial charge is 0.0174 e. The summed E-state index contributed by atoms with van der Waals surface area (Å²) >= 11 is 0. The molecule has 1 atom stereocenters. The van der Waals surface area contributed by atoms with E-state index in [1.54, 1.807) is 0 Å². The summed E-state index contributed by atoms with van der Waals surface area (Å²) in [6.07, 6.45) is 3.38. The van der Waals surface area contributed by atoms with Crippen LogP contribution in [-0.2, 0) is 0 Å².